The minimum atomic E-state index is -0.200. The maximum Gasteiger partial charge on any atom is 0.268 e. The van der Waals surface area contributed by atoms with Crippen LogP contribution in [-0.2, 0) is 13.6 Å². The molecule has 0 radical (unpaired) electrons. The van der Waals surface area contributed by atoms with Crippen LogP contribution < -0.4 is 10.6 Å². The minimum Gasteiger partial charge on any atom is -0.388 e. The predicted octanol–water partition coefficient (Wildman–Crippen LogP) is 4.96. The van der Waals surface area contributed by atoms with E-state index in [0.717, 1.165) is 26.6 Å². The Morgan fingerprint density at radius 1 is 1.29 bits per heavy atom. The van der Waals surface area contributed by atoms with E-state index in [-0.39, 0.29) is 5.91 Å². The van der Waals surface area contributed by atoms with Crippen molar-refractivity contribution in [1.82, 2.24) is 14.9 Å². The van der Waals surface area contributed by atoms with Crippen LogP contribution in [0.1, 0.15) is 54.3 Å². The van der Waals surface area contributed by atoms with Crippen LogP contribution in [0, 0.1) is 12.3 Å². The maximum absolute atomic E-state index is 12.7. The van der Waals surface area contributed by atoms with Gasteiger partial charge in [-0.3, -0.25) is 4.79 Å². The Hall–Kier alpha value is -2.67. The van der Waals surface area contributed by atoms with Crippen molar-refractivity contribution in [3.63, 3.8) is 0 Å². The summed E-state index contributed by atoms with van der Waals surface area (Å²) in [4.78, 5) is 17.1. The molecule has 0 bridgehead atoms. The average molecular weight is 402 g/mol. The Bertz CT molecular complexity index is 926. The summed E-state index contributed by atoms with van der Waals surface area (Å²) in [6.45, 7) is 10.4. The van der Waals surface area contributed by atoms with Crippen molar-refractivity contribution in [2.24, 2.45) is 7.05 Å². The Balaban J connectivity index is 0.000000921. The second-order valence-corrected chi connectivity index (χ2v) is 6.69. The lowest BCUT2D eigenvalue weighted by Crippen LogP contribution is -2.26. The number of fused-ring (bicyclic) bond motifs is 1. The molecular formula is C21H31N5OS. The SMILES string of the molecule is CC.CC.CNc1cccc(CNC(=O)c2c(C=N)c3sc(C)nc3n2C)c1. The number of amides is 1. The molecule has 7 heteroatoms. The molecular weight excluding hydrogens is 370 g/mol. The molecule has 3 rings (SSSR count). The van der Waals surface area contributed by atoms with Crippen LogP contribution in [0.25, 0.3) is 10.3 Å². The van der Waals surface area contributed by atoms with Gasteiger partial charge in [-0.05, 0) is 24.6 Å². The molecule has 2 heterocycles. The van der Waals surface area contributed by atoms with E-state index in [1.807, 2.05) is 73.0 Å². The third-order valence-electron chi connectivity index (χ3n) is 3.90. The third kappa shape index (κ3) is 4.98. The van der Waals surface area contributed by atoms with E-state index in [0.29, 0.717) is 17.8 Å². The molecule has 0 fully saturated rings. The Labute approximate surface area is 171 Å². The highest BCUT2D eigenvalue weighted by Crippen LogP contribution is 2.29. The molecule has 28 heavy (non-hydrogen) atoms. The number of aromatic nitrogens is 2. The van der Waals surface area contributed by atoms with E-state index in [4.69, 9.17) is 5.41 Å². The quantitative estimate of drug-likeness (QED) is 0.528. The standard InChI is InChI=1S/C17H19N5OS.2C2H6/c1-10-21-16-15(24-10)13(8-18)14(22(16)3)17(23)20-9-11-5-4-6-12(7-11)19-2;2*1-2/h4-8,18-19H,9H2,1-3H3,(H,20,23);2*1-2H3. The molecule has 152 valence electrons. The third-order valence-corrected chi connectivity index (χ3v) is 4.89. The van der Waals surface area contributed by atoms with Crippen LogP contribution in [0.4, 0.5) is 5.69 Å². The Morgan fingerprint density at radius 2 is 1.96 bits per heavy atom. The number of anilines is 1. The van der Waals surface area contributed by atoms with Crippen LogP contribution in [0.2, 0.25) is 0 Å². The smallest absolute Gasteiger partial charge is 0.268 e. The molecule has 0 spiro atoms. The molecule has 1 aromatic carbocycles. The maximum atomic E-state index is 12.7. The lowest BCUT2D eigenvalue weighted by molar-refractivity contribution is 0.0943. The number of aryl methyl sites for hydroxylation is 2. The van der Waals surface area contributed by atoms with Gasteiger partial charge in [-0.25, -0.2) is 4.98 Å². The number of carbonyl (C=O) groups excluding carboxylic acids is 1. The zero-order valence-corrected chi connectivity index (χ0v) is 18.6. The molecule has 0 aliphatic rings. The lowest BCUT2D eigenvalue weighted by atomic mass is 10.2. The Kier molecular flexibility index (Phi) is 9.38. The van der Waals surface area contributed by atoms with Gasteiger partial charge in [0.15, 0.2) is 5.65 Å². The van der Waals surface area contributed by atoms with Gasteiger partial charge in [0.25, 0.3) is 5.91 Å². The topological polar surface area (TPSA) is 82.8 Å². The van der Waals surface area contributed by atoms with Crippen molar-refractivity contribution in [2.75, 3.05) is 12.4 Å². The number of nitrogens with one attached hydrogen (secondary N) is 3. The van der Waals surface area contributed by atoms with Crippen molar-refractivity contribution >= 4 is 39.5 Å². The number of nitrogens with zero attached hydrogens (tertiary/aromatic N) is 2. The van der Waals surface area contributed by atoms with E-state index in [2.05, 4.69) is 15.6 Å². The van der Waals surface area contributed by atoms with Crippen molar-refractivity contribution in [3.05, 3.63) is 46.1 Å². The lowest BCUT2D eigenvalue weighted by Gasteiger charge is -2.09. The van der Waals surface area contributed by atoms with E-state index < -0.39 is 0 Å². The van der Waals surface area contributed by atoms with Crippen LogP contribution in [0.15, 0.2) is 24.3 Å². The van der Waals surface area contributed by atoms with Gasteiger partial charge in [0.2, 0.25) is 0 Å². The molecule has 0 aliphatic carbocycles. The molecule has 3 aromatic rings. The summed E-state index contributed by atoms with van der Waals surface area (Å²) in [7, 11) is 3.67. The highest BCUT2D eigenvalue weighted by atomic mass is 32.1. The zero-order chi connectivity index (χ0) is 21.3. The fourth-order valence-corrected chi connectivity index (χ4v) is 3.69. The van der Waals surface area contributed by atoms with E-state index in [9.17, 15) is 4.79 Å². The molecule has 0 atom stereocenters. The second-order valence-electron chi connectivity index (χ2n) is 5.48. The molecule has 2 aromatic heterocycles. The molecule has 0 saturated carbocycles. The van der Waals surface area contributed by atoms with Gasteiger partial charge >= 0.3 is 0 Å². The van der Waals surface area contributed by atoms with Crippen LogP contribution in [0.3, 0.4) is 0 Å². The number of benzene rings is 1. The number of carbonyl (C=O) groups is 1. The fourth-order valence-electron chi connectivity index (χ4n) is 2.72. The number of rotatable bonds is 5. The van der Waals surface area contributed by atoms with Gasteiger partial charge in [0.1, 0.15) is 5.69 Å². The normalized spacial score (nSPS) is 9.68. The summed E-state index contributed by atoms with van der Waals surface area (Å²) in [6.07, 6.45) is 1.23. The average Bonchev–Trinajstić information content (AvgIpc) is 3.24. The first-order chi connectivity index (χ1) is 13.5. The van der Waals surface area contributed by atoms with Crippen molar-refractivity contribution in [2.45, 2.75) is 41.2 Å². The van der Waals surface area contributed by atoms with E-state index in [1.165, 1.54) is 17.6 Å². The molecule has 0 unspecified atom stereocenters. The summed E-state index contributed by atoms with van der Waals surface area (Å²) >= 11 is 1.50. The first-order valence-electron chi connectivity index (χ1n) is 9.56. The number of hydrogen-bond donors (Lipinski definition) is 3. The van der Waals surface area contributed by atoms with Gasteiger partial charge < -0.3 is 20.6 Å². The first kappa shape index (κ1) is 23.4. The summed E-state index contributed by atoms with van der Waals surface area (Å²) in [5.41, 5.74) is 3.86. The highest BCUT2D eigenvalue weighted by Gasteiger charge is 2.22. The predicted molar refractivity (Wildman–Crippen MR) is 121 cm³/mol. The van der Waals surface area contributed by atoms with Gasteiger partial charge in [-0.15, -0.1) is 11.3 Å². The molecule has 1 amide bonds. The number of thiazole rings is 1. The van der Waals surface area contributed by atoms with Crippen LogP contribution in [0.5, 0.6) is 0 Å². The van der Waals surface area contributed by atoms with Gasteiger partial charge in [0, 0.05) is 38.1 Å². The summed E-state index contributed by atoms with van der Waals surface area (Å²) in [5, 5.41) is 14.6. The van der Waals surface area contributed by atoms with Crippen LogP contribution in [-0.4, -0.2) is 28.7 Å². The van der Waals surface area contributed by atoms with Gasteiger partial charge in [-0.2, -0.15) is 0 Å². The highest BCUT2D eigenvalue weighted by molar-refractivity contribution is 7.18. The molecule has 0 aliphatic heterocycles. The fraction of sp³-hybridized carbons (Fsp3) is 0.381. The monoisotopic (exact) mass is 401 g/mol. The zero-order valence-electron chi connectivity index (χ0n) is 17.8. The summed E-state index contributed by atoms with van der Waals surface area (Å²) in [5.74, 6) is -0.200. The summed E-state index contributed by atoms with van der Waals surface area (Å²) in [6, 6.07) is 7.87. The second kappa shape index (κ2) is 11.2. The van der Waals surface area contributed by atoms with E-state index in [1.54, 1.807) is 4.57 Å². The van der Waals surface area contributed by atoms with Gasteiger partial charge in [-0.1, -0.05) is 39.8 Å². The first-order valence-corrected chi connectivity index (χ1v) is 10.4. The summed E-state index contributed by atoms with van der Waals surface area (Å²) < 4.78 is 2.64. The van der Waals surface area contributed by atoms with Crippen LogP contribution >= 0.6 is 11.3 Å². The minimum absolute atomic E-state index is 0.200. The number of hydrogen-bond acceptors (Lipinski definition) is 5. The molecule has 3 N–H and O–H groups in total. The van der Waals surface area contributed by atoms with Crippen molar-refractivity contribution in [1.29, 1.82) is 5.41 Å². The van der Waals surface area contributed by atoms with Gasteiger partial charge in [0.05, 0.1) is 9.71 Å². The van der Waals surface area contributed by atoms with Crippen molar-refractivity contribution < 1.29 is 4.79 Å². The molecule has 6 nitrogen and oxygen atoms in total. The van der Waals surface area contributed by atoms with Crippen molar-refractivity contribution in [3.8, 4) is 0 Å². The molecule has 0 saturated heterocycles. The largest absolute Gasteiger partial charge is 0.388 e. The Morgan fingerprint density at radius 3 is 2.57 bits per heavy atom. The van der Waals surface area contributed by atoms with E-state index >= 15 is 0 Å².